The molecule has 0 fully saturated rings. The maximum atomic E-state index is 11.7. The highest BCUT2D eigenvalue weighted by atomic mass is 16.6. The molecule has 0 bridgehead atoms. The summed E-state index contributed by atoms with van der Waals surface area (Å²) in [5.41, 5.74) is 0.416. The molecule has 1 aromatic carbocycles. The molecule has 0 atom stereocenters. The van der Waals surface area contributed by atoms with Crippen LogP contribution >= 0.6 is 0 Å². The Morgan fingerprint density at radius 1 is 1.22 bits per heavy atom. The summed E-state index contributed by atoms with van der Waals surface area (Å²) in [6, 6.07) is 5.64. The average Bonchev–Trinajstić information content (AvgIpc) is 2.43. The van der Waals surface area contributed by atoms with Gasteiger partial charge in [0.05, 0.1) is 13.7 Å². The number of methoxy groups -OCH3 is 1. The molecule has 0 radical (unpaired) electrons. The van der Waals surface area contributed by atoms with Crippen molar-refractivity contribution in [1.29, 1.82) is 0 Å². The summed E-state index contributed by atoms with van der Waals surface area (Å²) in [4.78, 5) is 11.7. The lowest BCUT2D eigenvalue weighted by Gasteiger charge is -2.19. The van der Waals surface area contributed by atoms with Gasteiger partial charge in [0.15, 0.2) is 11.5 Å². The summed E-state index contributed by atoms with van der Waals surface area (Å²) in [7, 11) is 1.61. The third-order valence-electron chi connectivity index (χ3n) is 3.02. The van der Waals surface area contributed by atoms with Crippen LogP contribution in [0.3, 0.4) is 0 Å². The summed E-state index contributed by atoms with van der Waals surface area (Å²) in [5.74, 6) is 1.98. The predicted octanol–water partition coefficient (Wildman–Crippen LogP) is 4.14. The van der Waals surface area contributed by atoms with Crippen molar-refractivity contribution >= 4 is 6.09 Å². The van der Waals surface area contributed by atoms with Crippen molar-refractivity contribution < 1.29 is 19.0 Å². The molecular weight excluding hydrogens is 294 g/mol. The topological polar surface area (TPSA) is 56.8 Å². The fourth-order valence-electron chi connectivity index (χ4n) is 1.83. The molecule has 0 aliphatic heterocycles. The van der Waals surface area contributed by atoms with Gasteiger partial charge in [-0.05, 0) is 50.8 Å². The maximum absolute atomic E-state index is 11.7. The summed E-state index contributed by atoms with van der Waals surface area (Å²) in [6.45, 7) is 10.8. The number of benzene rings is 1. The molecule has 1 N–H and O–H groups in total. The molecule has 0 saturated carbocycles. The monoisotopic (exact) mass is 323 g/mol. The number of rotatable bonds is 7. The Hall–Kier alpha value is -1.91. The second-order valence-corrected chi connectivity index (χ2v) is 6.87. The highest BCUT2D eigenvalue weighted by Crippen LogP contribution is 2.28. The van der Waals surface area contributed by atoms with Crippen molar-refractivity contribution in [2.24, 2.45) is 5.92 Å². The lowest BCUT2D eigenvalue weighted by atomic mass is 10.1. The van der Waals surface area contributed by atoms with E-state index in [1.165, 1.54) is 0 Å². The average molecular weight is 323 g/mol. The van der Waals surface area contributed by atoms with E-state index in [1.807, 2.05) is 39.0 Å². The highest BCUT2D eigenvalue weighted by molar-refractivity contribution is 5.67. The summed E-state index contributed by atoms with van der Waals surface area (Å²) in [6.07, 6.45) is 0.555. The highest BCUT2D eigenvalue weighted by Gasteiger charge is 2.16. The molecule has 0 saturated heterocycles. The first kappa shape index (κ1) is 19.1. The molecule has 5 heteroatoms. The first-order valence-electron chi connectivity index (χ1n) is 7.98. The van der Waals surface area contributed by atoms with E-state index < -0.39 is 11.7 Å². The van der Waals surface area contributed by atoms with E-state index in [2.05, 4.69) is 19.2 Å². The van der Waals surface area contributed by atoms with Gasteiger partial charge in [-0.2, -0.15) is 0 Å². The van der Waals surface area contributed by atoms with Crippen molar-refractivity contribution in [3.8, 4) is 11.5 Å². The van der Waals surface area contributed by atoms with Crippen molar-refractivity contribution in [3.05, 3.63) is 23.8 Å². The molecule has 5 nitrogen and oxygen atoms in total. The van der Waals surface area contributed by atoms with Gasteiger partial charge in [0.25, 0.3) is 0 Å². The predicted molar refractivity (Wildman–Crippen MR) is 91.0 cm³/mol. The lowest BCUT2D eigenvalue weighted by molar-refractivity contribution is 0.0523. The third kappa shape index (κ3) is 7.77. The minimum atomic E-state index is -0.504. The standard InChI is InChI=1S/C18H29NO4/c1-13(2)9-10-22-15-8-7-14(11-16(15)21-6)12-19-17(20)23-18(3,4)5/h7-8,11,13H,9-10,12H2,1-6H3,(H,19,20). The minimum absolute atomic E-state index is 0.373. The number of nitrogens with one attached hydrogen (secondary N) is 1. The molecular formula is C18H29NO4. The van der Waals surface area contributed by atoms with E-state index in [-0.39, 0.29) is 0 Å². The zero-order chi connectivity index (χ0) is 17.5. The molecule has 1 aromatic rings. The second kappa shape index (κ2) is 8.65. The number of amides is 1. The Bertz CT molecular complexity index is 506. The van der Waals surface area contributed by atoms with Crippen LogP contribution in [-0.2, 0) is 11.3 Å². The Labute approximate surface area is 139 Å². The van der Waals surface area contributed by atoms with Crippen LogP contribution in [-0.4, -0.2) is 25.4 Å². The maximum Gasteiger partial charge on any atom is 0.407 e. The fourth-order valence-corrected chi connectivity index (χ4v) is 1.83. The second-order valence-electron chi connectivity index (χ2n) is 6.87. The van der Waals surface area contributed by atoms with E-state index in [9.17, 15) is 4.79 Å². The van der Waals surface area contributed by atoms with Gasteiger partial charge in [-0.25, -0.2) is 4.79 Å². The smallest absolute Gasteiger partial charge is 0.407 e. The SMILES string of the molecule is COc1cc(CNC(=O)OC(C)(C)C)ccc1OCCC(C)C. The van der Waals surface area contributed by atoms with Crippen molar-refractivity contribution in [2.75, 3.05) is 13.7 Å². The quantitative estimate of drug-likeness (QED) is 0.819. The van der Waals surface area contributed by atoms with Gasteiger partial charge in [-0.15, -0.1) is 0 Å². The Morgan fingerprint density at radius 3 is 2.48 bits per heavy atom. The molecule has 23 heavy (non-hydrogen) atoms. The van der Waals surface area contributed by atoms with Crippen LogP contribution in [0.2, 0.25) is 0 Å². The molecule has 0 aliphatic carbocycles. The van der Waals surface area contributed by atoms with Gasteiger partial charge in [-0.1, -0.05) is 19.9 Å². The van der Waals surface area contributed by atoms with Crippen LogP contribution in [0.5, 0.6) is 11.5 Å². The first-order chi connectivity index (χ1) is 10.7. The molecule has 0 aromatic heterocycles. The number of carbonyl (C=O) groups is 1. The number of alkyl carbamates (subject to hydrolysis) is 1. The zero-order valence-corrected chi connectivity index (χ0v) is 15.1. The summed E-state index contributed by atoms with van der Waals surface area (Å²) in [5, 5.41) is 2.73. The zero-order valence-electron chi connectivity index (χ0n) is 15.1. The molecule has 0 spiro atoms. The van der Waals surface area contributed by atoms with Gasteiger partial charge >= 0.3 is 6.09 Å². The molecule has 0 aliphatic rings. The van der Waals surface area contributed by atoms with Crippen LogP contribution < -0.4 is 14.8 Å². The van der Waals surface area contributed by atoms with Crippen LogP contribution in [0, 0.1) is 5.92 Å². The van der Waals surface area contributed by atoms with Gasteiger partial charge in [-0.3, -0.25) is 0 Å². The van der Waals surface area contributed by atoms with Crippen molar-refractivity contribution in [1.82, 2.24) is 5.32 Å². The van der Waals surface area contributed by atoms with E-state index in [4.69, 9.17) is 14.2 Å². The van der Waals surface area contributed by atoms with Crippen molar-refractivity contribution in [3.63, 3.8) is 0 Å². The van der Waals surface area contributed by atoms with Crippen molar-refractivity contribution in [2.45, 2.75) is 53.2 Å². The summed E-state index contributed by atoms with van der Waals surface area (Å²) < 4.78 is 16.3. The summed E-state index contributed by atoms with van der Waals surface area (Å²) >= 11 is 0. The Kier molecular flexibility index (Phi) is 7.20. The minimum Gasteiger partial charge on any atom is -0.493 e. The normalized spacial score (nSPS) is 11.3. The van der Waals surface area contributed by atoms with Crippen LogP contribution in [0.15, 0.2) is 18.2 Å². The van der Waals surface area contributed by atoms with E-state index in [0.29, 0.717) is 30.6 Å². The van der Waals surface area contributed by atoms with Crippen LogP contribution in [0.1, 0.15) is 46.6 Å². The van der Waals surface area contributed by atoms with Gasteiger partial charge in [0.1, 0.15) is 5.60 Å². The largest absolute Gasteiger partial charge is 0.493 e. The number of hydrogen-bond acceptors (Lipinski definition) is 4. The number of carbonyl (C=O) groups excluding carboxylic acids is 1. The van der Waals surface area contributed by atoms with Crippen LogP contribution in [0.25, 0.3) is 0 Å². The Balaban J connectivity index is 2.59. The number of hydrogen-bond donors (Lipinski definition) is 1. The van der Waals surface area contributed by atoms with E-state index in [0.717, 1.165) is 12.0 Å². The lowest BCUT2D eigenvalue weighted by Crippen LogP contribution is -2.32. The molecule has 130 valence electrons. The molecule has 1 amide bonds. The third-order valence-corrected chi connectivity index (χ3v) is 3.02. The van der Waals surface area contributed by atoms with Gasteiger partial charge in [0, 0.05) is 6.54 Å². The first-order valence-corrected chi connectivity index (χ1v) is 7.98. The fraction of sp³-hybridized carbons (Fsp3) is 0.611. The molecule has 1 rings (SSSR count). The molecule has 0 heterocycles. The van der Waals surface area contributed by atoms with Crippen LogP contribution in [0.4, 0.5) is 4.79 Å². The van der Waals surface area contributed by atoms with E-state index >= 15 is 0 Å². The van der Waals surface area contributed by atoms with E-state index in [1.54, 1.807) is 7.11 Å². The number of ether oxygens (including phenoxy) is 3. The Morgan fingerprint density at radius 2 is 1.91 bits per heavy atom. The molecule has 0 unspecified atom stereocenters. The van der Waals surface area contributed by atoms with Gasteiger partial charge < -0.3 is 19.5 Å². The van der Waals surface area contributed by atoms with Gasteiger partial charge in [0.2, 0.25) is 0 Å².